The van der Waals surface area contributed by atoms with E-state index in [0.717, 1.165) is 5.56 Å². The lowest BCUT2D eigenvalue weighted by atomic mass is 10.1. The van der Waals surface area contributed by atoms with E-state index in [1.165, 1.54) is 12.3 Å². The van der Waals surface area contributed by atoms with Crippen molar-refractivity contribution in [3.8, 4) is 0 Å². The number of hydrogen-bond acceptors (Lipinski definition) is 3. The summed E-state index contributed by atoms with van der Waals surface area (Å²) < 4.78 is 31.3. The second-order valence-corrected chi connectivity index (χ2v) is 4.70. The fraction of sp³-hybridized carbons (Fsp3) is 0.100. The molecule has 4 nitrogen and oxygen atoms in total. The van der Waals surface area contributed by atoms with E-state index in [0.29, 0.717) is 10.9 Å². The molecule has 0 saturated carbocycles. The lowest BCUT2D eigenvalue weighted by molar-refractivity contribution is 0.484. The van der Waals surface area contributed by atoms with Crippen molar-refractivity contribution in [2.45, 2.75) is 11.8 Å². The van der Waals surface area contributed by atoms with Crippen LogP contribution in [-0.2, 0) is 10.1 Å². The summed E-state index contributed by atoms with van der Waals surface area (Å²) in [4.78, 5) is 3.81. The molecule has 0 radical (unpaired) electrons. The summed E-state index contributed by atoms with van der Waals surface area (Å²) in [7, 11) is -4.21. The third-order valence-corrected chi connectivity index (χ3v) is 2.96. The highest BCUT2D eigenvalue weighted by Crippen LogP contribution is 2.22. The van der Waals surface area contributed by atoms with Crippen LogP contribution in [0, 0.1) is 6.92 Å². The molecule has 0 saturated heterocycles. The third-order valence-electron chi connectivity index (χ3n) is 2.09. The molecule has 5 heteroatoms. The van der Waals surface area contributed by atoms with Crippen LogP contribution in [0.4, 0.5) is 0 Å². The van der Waals surface area contributed by atoms with Crippen LogP contribution < -0.4 is 0 Å². The zero-order valence-electron chi connectivity index (χ0n) is 8.01. The summed E-state index contributed by atoms with van der Waals surface area (Å²) in [6.07, 6.45) is 1.49. The zero-order chi connectivity index (χ0) is 11.1. The first kappa shape index (κ1) is 10.1. The number of aromatic nitrogens is 1. The molecule has 1 aromatic carbocycles. The highest BCUT2D eigenvalue weighted by atomic mass is 32.2. The first-order chi connectivity index (χ1) is 6.98. The standard InChI is InChI=1S/C10H9NO3S/c1-7-5-8-3-2-4-11-10(8)9(6-7)15(12,13)14/h2-6H,1H3,(H,12,13,14). The Labute approximate surface area is 87.3 Å². The lowest BCUT2D eigenvalue weighted by Crippen LogP contribution is -2.00. The SMILES string of the molecule is Cc1cc(S(=O)(=O)O)c2ncccc2c1. The van der Waals surface area contributed by atoms with Gasteiger partial charge in [-0.3, -0.25) is 9.54 Å². The van der Waals surface area contributed by atoms with E-state index in [2.05, 4.69) is 4.98 Å². The Morgan fingerprint density at radius 3 is 2.73 bits per heavy atom. The molecule has 78 valence electrons. The van der Waals surface area contributed by atoms with Gasteiger partial charge in [-0.25, -0.2) is 0 Å². The Balaban J connectivity index is 2.96. The van der Waals surface area contributed by atoms with Crippen molar-refractivity contribution in [2.75, 3.05) is 0 Å². The van der Waals surface area contributed by atoms with Crippen LogP contribution in [-0.4, -0.2) is 18.0 Å². The summed E-state index contributed by atoms with van der Waals surface area (Å²) in [5, 5.41) is 0.699. The molecule has 0 aliphatic carbocycles. The van der Waals surface area contributed by atoms with Crippen molar-refractivity contribution in [1.82, 2.24) is 4.98 Å². The molecular weight excluding hydrogens is 214 g/mol. The number of rotatable bonds is 1. The Hall–Kier alpha value is -1.46. The zero-order valence-corrected chi connectivity index (χ0v) is 8.82. The summed E-state index contributed by atoms with van der Waals surface area (Å²) >= 11 is 0. The van der Waals surface area contributed by atoms with Gasteiger partial charge in [-0.15, -0.1) is 0 Å². The second-order valence-electron chi connectivity index (χ2n) is 3.31. The van der Waals surface area contributed by atoms with Crippen LogP contribution in [0.2, 0.25) is 0 Å². The number of hydrogen-bond donors (Lipinski definition) is 1. The maximum absolute atomic E-state index is 11.1. The molecule has 1 aromatic heterocycles. The Kier molecular flexibility index (Phi) is 2.21. The highest BCUT2D eigenvalue weighted by molar-refractivity contribution is 7.86. The molecule has 0 aliphatic heterocycles. The Morgan fingerprint density at radius 2 is 2.07 bits per heavy atom. The molecule has 0 atom stereocenters. The summed E-state index contributed by atoms with van der Waals surface area (Å²) in [6, 6.07) is 6.70. The lowest BCUT2D eigenvalue weighted by Gasteiger charge is -2.04. The maximum Gasteiger partial charge on any atom is 0.296 e. The minimum Gasteiger partial charge on any atom is -0.282 e. The number of benzene rings is 1. The first-order valence-corrected chi connectivity index (χ1v) is 5.75. The summed E-state index contributed by atoms with van der Waals surface area (Å²) in [6.45, 7) is 1.76. The van der Waals surface area contributed by atoms with E-state index >= 15 is 0 Å². The molecule has 15 heavy (non-hydrogen) atoms. The largest absolute Gasteiger partial charge is 0.296 e. The van der Waals surface area contributed by atoms with Crippen molar-refractivity contribution < 1.29 is 13.0 Å². The molecule has 1 N–H and O–H groups in total. The minimum atomic E-state index is -4.21. The quantitative estimate of drug-likeness (QED) is 0.748. The van der Waals surface area contributed by atoms with Gasteiger partial charge in [0, 0.05) is 11.6 Å². The summed E-state index contributed by atoms with van der Waals surface area (Å²) in [5.41, 5.74) is 1.06. The van der Waals surface area contributed by atoms with E-state index < -0.39 is 10.1 Å². The van der Waals surface area contributed by atoms with E-state index in [-0.39, 0.29) is 4.90 Å². The fourth-order valence-corrected chi connectivity index (χ4v) is 2.25. The fourth-order valence-electron chi connectivity index (χ4n) is 1.50. The van der Waals surface area contributed by atoms with Crippen molar-refractivity contribution in [1.29, 1.82) is 0 Å². The Morgan fingerprint density at radius 1 is 1.33 bits per heavy atom. The third kappa shape index (κ3) is 1.84. The number of pyridine rings is 1. The number of aryl methyl sites for hydroxylation is 1. The van der Waals surface area contributed by atoms with Gasteiger partial charge in [-0.1, -0.05) is 6.07 Å². The minimum absolute atomic E-state index is 0.141. The topological polar surface area (TPSA) is 67.3 Å². The molecule has 0 amide bonds. The van der Waals surface area contributed by atoms with Crippen LogP contribution in [0.5, 0.6) is 0 Å². The molecule has 0 aliphatic rings. The van der Waals surface area contributed by atoms with E-state index in [4.69, 9.17) is 4.55 Å². The predicted octanol–water partition coefficient (Wildman–Crippen LogP) is 1.79. The second kappa shape index (κ2) is 3.29. The van der Waals surface area contributed by atoms with Crippen molar-refractivity contribution >= 4 is 21.0 Å². The normalized spacial score (nSPS) is 11.9. The predicted molar refractivity (Wildman–Crippen MR) is 56.3 cm³/mol. The number of fused-ring (bicyclic) bond motifs is 1. The van der Waals surface area contributed by atoms with Gasteiger partial charge in [-0.2, -0.15) is 8.42 Å². The molecule has 0 spiro atoms. The molecule has 0 fully saturated rings. The molecular formula is C10H9NO3S. The van der Waals surface area contributed by atoms with E-state index in [1.54, 1.807) is 19.1 Å². The van der Waals surface area contributed by atoms with Gasteiger partial charge in [0.15, 0.2) is 0 Å². The summed E-state index contributed by atoms with van der Waals surface area (Å²) in [5.74, 6) is 0. The molecule has 2 aromatic rings. The molecule has 0 bridgehead atoms. The van der Waals surface area contributed by atoms with E-state index in [9.17, 15) is 8.42 Å². The number of nitrogens with zero attached hydrogens (tertiary/aromatic N) is 1. The van der Waals surface area contributed by atoms with Gasteiger partial charge in [0.2, 0.25) is 0 Å². The monoisotopic (exact) mass is 223 g/mol. The maximum atomic E-state index is 11.1. The Bertz CT molecular complexity index is 620. The average Bonchev–Trinajstić information content (AvgIpc) is 2.15. The van der Waals surface area contributed by atoms with Crippen molar-refractivity contribution in [2.24, 2.45) is 0 Å². The van der Waals surface area contributed by atoms with Gasteiger partial charge in [-0.05, 0) is 30.7 Å². The first-order valence-electron chi connectivity index (χ1n) is 4.31. The van der Waals surface area contributed by atoms with Crippen LogP contribution in [0.3, 0.4) is 0 Å². The molecule has 0 unspecified atom stereocenters. The van der Waals surface area contributed by atoms with Crippen LogP contribution in [0.15, 0.2) is 35.4 Å². The van der Waals surface area contributed by atoms with Gasteiger partial charge >= 0.3 is 0 Å². The highest BCUT2D eigenvalue weighted by Gasteiger charge is 2.15. The van der Waals surface area contributed by atoms with Crippen LogP contribution in [0.25, 0.3) is 10.9 Å². The van der Waals surface area contributed by atoms with Gasteiger partial charge in [0.25, 0.3) is 10.1 Å². The molecule has 2 rings (SSSR count). The van der Waals surface area contributed by atoms with Crippen LogP contribution >= 0.6 is 0 Å². The smallest absolute Gasteiger partial charge is 0.282 e. The van der Waals surface area contributed by atoms with Gasteiger partial charge in [0.1, 0.15) is 4.90 Å². The van der Waals surface area contributed by atoms with Gasteiger partial charge < -0.3 is 0 Å². The van der Waals surface area contributed by atoms with Crippen molar-refractivity contribution in [3.05, 3.63) is 36.0 Å². The van der Waals surface area contributed by atoms with Crippen molar-refractivity contribution in [3.63, 3.8) is 0 Å². The average molecular weight is 223 g/mol. The van der Waals surface area contributed by atoms with Crippen LogP contribution in [0.1, 0.15) is 5.56 Å². The van der Waals surface area contributed by atoms with E-state index in [1.807, 2.05) is 6.07 Å². The molecule has 1 heterocycles. The van der Waals surface area contributed by atoms with Gasteiger partial charge in [0.05, 0.1) is 5.52 Å².